The van der Waals surface area contributed by atoms with Crippen LogP contribution in [0.4, 0.5) is 11.4 Å². The van der Waals surface area contributed by atoms with Gasteiger partial charge in [0.1, 0.15) is 16.4 Å². The molecule has 2 aromatic rings. The number of carboxylic acid groups (broad SMARTS) is 2. The number of hydrogen-bond donors (Lipinski definition) is 2. The Morgan fingerprint density at radius 1 is 0.846 bits per heavy atom. The van der Waals surface area contributed by atoms with Gasteiger partial charge in [0.15, 0.2) is 5.71 Å². The lowest BCUT2D eigenvalue weighted by Crippen LogP contribution is -2.28. The lowest BCUT2D eigenvalue weighted by Gasteiger charge is -2.21. The van der Waals surface area contributed by atoms with Crippen LogP contribution in [0.2, 0.25) is 0 Å². The van der Waals surface area contributed by atoms with E-state index in [1.54, 1.807) is 24.3 Å². The maximum atomic E-state index is 11.5. The first-order chi connectivity index (χ1) is 23.0. The van der Waals surface area contributed by atoms with Crippen LogP contribution in [-0.4, -0.2) is 95.6 Å². The van der Waals surface area contributed by atoms with Crippen LogP contribution < -0.4 is 0 Å². The van der Waals surface area contributed by atoms with Crippen LogP contribution >= 0.6 is 0 Å². The highest BCUT2D eigenvalue weighted by Gasteiger charge is 2.45. The SMILES string of the molecule is C.C.CC1=Nc2cccc(C(=O)O)c2C1(C)C.CC1=[N+](CCCS(=O)(=O)[O-])c2cccc(C(=O)O)c2C1(C)C.O=C=O.O=C=O.O=S1(=O)CCCC1. The van der Waals surface area contributed by atoms with E-state index in [0.717, 1.165) is 46.8 Å². The van der Waals surface area contributed by atoms with E-state index >= 15 is 0 Å². The van der Waals surface area contributed by atoms with E-state index in [-0.39, 0.29) is 44.6 Å². The van der Waals surface area contributed by atoms with E-state index < -0.39 is 43.1 Å². The van der Waals surface area contributed by atoms with Crippen molar-refractivity contribution in [3.63, 3.8) is 0 Å². The molecule has 0 unspecified atom stereocenters. The number of carbonyl (C=O) groups excluding carboxylic acids is 4. The van der Waals surface area contributed by atoms with E-state index in [1.165, 1.54) is 0 Å². The van der Waals surface area contributed by atoms with E-state index in [0.29, 0.717) is 23.6 Å². The molecule has 0 radical (unpaired) electrons. The molecule has 1 fully saturated rings. The minimum absolute atomic E-state index is 0. The lowest BCUT2D eigenvalue weighted by atomic mass is 9.79. The molecule has 52 heavy (non-hydrogen) atoms. The van der Waals surface area contributed by atoms with Crippen LogP contribution in [0.25, 0.3) is 0 Å². The summed E-state index contributed by atoms with van der Waals surface area (Å²) >= 11 is 0. The number of fused-ring (bicyclic) bond motifs is 2. The van der Waals surface area contributed by atoms with Gasteiger partial charge in [-0.05, 0) is 51.8 Å². The molecular formula is C35H48N2O13S2. The monoisotopic (exact) mass is 768 g/mol. The van der Waals surface area contributed by atoms with Crippen molar-refractivity contribution in [3.05, 3.63) is 58.7 Å². The van der Waals surface area contributed by atoms with Gasteiger partial charge in [0.2, 0.25) is 5.69 Å². The number of rotatable bonds is 6. The van der Waals surface area contributed by atoms with Gasteiger partial charge in [-0.2, -0.15) is 23.8 Å². The standard InChI is InChI=1S/C15H19NO5S.C12H13NO2.C4H8O2S.2CO2.2CH4/c1-10-15(2,3)13-11(14(17)18)6-4-7-12(13)16(10)8-5-9-22(19,20)21;1-7-12(2,3)10-8(11(14)15)5-4-6-9(10)13-7;5-7(6)3-1-2-4-7;2*2-1-3;;/h4,6-7H,5,8-9H2,1-3H3,(H-,17,18,19,20,21);4-6H,1-3H3,(H,14,15);1-4H2;;;2*1H4. The van der Waals surface area contributed by atoms with Crippen molar-refractivity contribution in [2.75, 3.05) is 23.8 Å². The van der Waals surface area contributed by atoms with Crippen molar-refractivity contribution >= 4 is 67.0 Å². The largest absolute Gasteiger partial charge is 0.748 e. The zero-order chi connectivity index (χ0) is 38.7. The van der Waals surface area contributed by atoms with Crippen molar-refractivity contribution in [3.8, 4) is 0 Å². The quantitative estimate of drug-likeness (QED) is 0.297. The maximum absolute atomic E-state index is 11.5. The number of aliphatic imine (C=N–C) groups is 1. The summed E-state index contributed by atoms with van der Waals surface area (Å²) in [6.07, 6.45) is 2.46. The molecule has 0 aromatic heterocycles. The molecule has 1 saturated heterocycles. The normalized spacial score (nSPS) is 16.1. The molecular weight excluding hydrogens is 721 g/mol. The van der Waals surface area contributed by atoms with Crippen molar-refractivity contribution in [1.29, 1.82) is 0 Å². The Balaban J connectivity index is 0. The minimum atomic E-state index is -4.24. The average Bonchev–Trinajstić information content (AvgIpc) is 3.58. The first kappa shape index (κ1) is 49.5. The van der Waals surface area contributed by atoms with Crippen LogP contribution in [0.3, 0.4) is 0 Å². The van der Waals surface area contributed by atoms with Gasteiger partial charge >= 0.3 is 24.2 Å². The summed E-state index contributed by atoms with van der Waals surface area (Å²) in [5, 5.41) is 18.5. The number of nitrogens with zero attached hydrogens (tertiary/aromatic N) is 2. The zero-order valence-electron chi connectivity index (χ0n) is 28.5. The van der Waals surface area contributed by atoms with Gasteiger partial charge in [0.25, 0.3) is 0 Å². The van der Waals surface area contributed by atoms with Gasteiger partial charge in [0.05, 0.1) is 49.4 Å². The Bertz CT molecular complexity index is 1920. The fraction of sp³-hybridized carbons (Fsp3) is 0.486. The fourth-order valence-electron chi connectivity index (χ4n) is 5.70. The van der Waals surface area contributed by atoms with Crippen molar-refractivity contribution in [2.24, 2.45) is 4.99 Å². The lowest BCUT2D eigenvalue weighted by molar-refractivity contribution is -0.438. The Morgan fingerprint density at radius 2 is 1.29 bits per heavy atom. The third kappa shape index (κ3) is 12.8. The third-order valence-electron chi connectivity index (χ3n) is 8.53. The molecule has 288 valence electrons. The van der Waals surface area contributed by atoms with Crippen LogP contribution in [0.5, 0.6) is 0 Å². The van der Waals surface area contributed by atoms with Gasteiger partial charge in [0, 0.05) is 41.9 Å². The van der Waals surface area contributed by atoms with E-state index in [2.05, 4.69) is 4.99 Å². The summed E-state index contributed by atoms with van der Waals surface area (Å²) in [6.45, 7) is 12.1. The second kappa shape index (κ2) is 20.4. The number of hydrogen-bond acceptors (Lipinski definition) is 12. The van der Waals surface area contributed by atoms with Gasteiger partial charge in [-0.25, -0.2) is 26.4 Å². The number of benzene rings is 2. The van der Waals surface area contributed by atoms with Crippen molar-refractivity contribution in [1.82, 2.24) is 0 Å². The third-order valence-corrected chi connectivity index (χ3v) is 11.1. The Kier molecular flexibility index (Phi) is 19.4. The molecule has 3 heterocycles. The summed E-state index contributed by atoms with van der Waals surface area (Å²) in [7, 11) is -6.79. The summed E-state index contributed by atoms with van der Waals surface area (Å²) in [6, 6.07) is 10.3. The van der Waals surface area contributed by atoms with Crippen LogP contribution in [0, 0.1) is 0 Å². The molecule has 0 bridgehead atoms. The maximum Gasteiger partial charge on any atom is 0.373 e. The van der Waals surface area contributed by atoms with Crippen LogP contribution in [0.1, 0.15) is 108 Å². The van der Waals surface area contributed by atoms with E-state index in [9.17, 15) is 36.1 Å². The molecule has 2 N–H and O–H groups in total. The van der Waals surface area contributed by atoms with Gasteiger partial charge in [-0.1, -0.05) is 40.8 Å². The molecule has 3 aliphatic heterocycles. The number of carbonyl (C=O) groups is 2. The Morgan fingerprint density at radius 3 is 1.69 bits per heavy atom. The first-order valence-corrected chi connectivity index (χ1v) is 18.5. The molecule has 0 saturated carbocycles. The molecule has 5 rings (SSSR count). The molecule has 3 aliphatic rings. The van der Waals surface area contributed by atoms with Crippen molar-refractivity contribution in [2.45, 2.75) is 86.5 Å². The topological polar surface area (TPSA) is 250 Å². The zero-order valence-corrected chi connectivity index (χ0v) is 30.1. The van der Waals surface area contributed by atoms with E-state index in [4.69, 9.17) is 24.3 Å². The molecule has 17 heteroatoms. The van der Waals surface area contributed by atoms with Crippen LogP contribution in [-0.2, 0) is 50.0 Å². The summed E-state index contributed by atoms with van der Waals surface area (Å²) in [4.78, 5) is 59.5. The molecule has 15 nitrogen and oxygen atoms in total. The molecule has 0 atom stereocenters. The molecule has 2 aromatic carbocycles. The summed E-state index contributed by atoms with van der Waals surface area (Å²) in [5.74, 6) is -1.45. The summed E-state index contributed by atoms with van der Waals surface area (Å²) < 4.78 is 55.0. The first-order valence-electron chi connectivity index (χ1n) is 15.1. The highest BCUT2D eigenvalue weighted by atomic mass is 32.2. The smallest absolute Gasteiger partial charge is 0.373 e. The summed E-state index contributed by atoms with van der Waals surface area (Å²) in [5.41, 5.74) is 4.90. The highest BCUT2D eigenvalue weighted by molar-refractivity contribution is 7.91. The fourth-order valence-corrected chi connectivity index (χ4v) is 7.68. The van der Waals surface area contributed by atoms with E-state index in [1.807, 2.05) is 58.3 Å². The molecule has 0 spiro atoms. The predicted octanol–water partition coefficient (Wildman–Crippen LogP) is 4.78. The van der Waals surface area contributed by atoms with Crippen molar-refractivity contribution < 1.29 is 64.9 Å². The predicted molar refractivity (Wildman–Crippen MR) is 192 cm³/mol. The van der Waals surface area contributed by atoms with Gasteiger partial charge in [-0.3, -0.25) is 4.99 Å². The highest BCUT2D eigenvalue weighted by Crippen LogP contribution is 2.42. The van der Waals surface area contributed by atoms with Gasteiger partial charge < -0.3 is 14.8 Å². The number of aromatic carboxylic acids is 2. The molecule has 0 aliphatic carbocycles. The second-order valence-corrected chi connectivity index (χ2v) is 16.2. The van der Waals surface area contributed by atoms with Gasteiger partial charge in [-0.15, -0.1) is 0 Å². The second-order valence-electron chi connectivity index (χ2n) is 12.3. The average molecular weight is 769 g/mol. The van der Waals surface area contributed by atoms with Crippen LogP contribution in [0.15, 0.2) is 41.4 Å². The molecule has 0 amide bonds. The minimum Gasteiger partial charge on any atom is -0.748 e. The Labute approximate surface area is 305 Å². The Hall–Kier alpha value is -4.66. The number of carboxylic acids is 2. The number of sulfone groups is 1.